The Bertz CT molecular complexity index is 157. The van der Waals surface area contributed by atoms with Gasteiger partial charge in [0.15, 0.2) is 0 Å². The molecular weight excluding hydrogens is 186 g/mol. The number of carboxylic acids is 2. The van der Waals surface area contributed by atoms with Gasteiger partial charge >= 0.3 is 11.9 Å². The average Bonchev–Trinajstić information content (AvgIpc) is 2.01. The fraction of sp³-hybridized carbons (Fsp3) is 0.778. The quantitative estimate of drug-likeness (QED) is 0.529. The van der Waals surface area contributed by atoms with Gasteiger partial charge in [-0.05, 0) is 12.8 Å². The van der Waals surface area contributed by atoms with Crippen molar-refractivity contribution >= 4 is 11.9 Å². The van der Waals surface area contributed by atoms with Crippen molar-refractivity contribution in [3.8, 4) is 0 Å². The molecule has 0 aromatic heterocycles. The van der Waals surface area contributed by atoms with E-state index < -0.39 is 11.9 Å². The standard InChI is InChI=1S/C9H16O4.H3N.H2/c10-8(11)6-4-2-1-3-5-7-9(12)13;;/h1-7H2,(H,10,11)(H,12,13);1H3;1H. The number of carbonyl (C=O) groups is 2. The number of hydrogen-bond acceptors (Lipinski definition) is 3. The molecule has 0 aliphatic rings. The highest BCUT2D eigenvalue weighted by Gasteiger charge is 1.98. The van der Waals surface area contributed by atoms with E-state index in [0.29, 0.717) is 12.8 Å². The summed E-state index contributed by atoms with van der Waals surface area (Å²) in [5.41, 5.74) is 0. The maximum atomic E-state index is 10.1. The molecule has 0 aromatic rings. The molecule has 86 valence electrons. The van der Waals surface area contributed by atoms with Gasteiger partial charge in [0.25, 0.3) is 0 Å². The molecule has 0 heterocycles. The molecule has 5 heteroatoms. The normalized spacial score (nSPS) is 9.14. The molecule has 0 saturated carbocycles. The van der Waals surface area contributed by atoms with Gasteiger partial charge in [0, 0.05) is 14.3 Å². The lowest BCUT2D eigenvalue weighted by Gasteiger charge is -1.97. The Morgan fingerprint density at radius 3 is 1.36 bits per heavy atom. The molecule has 0 bridgehead atoms. The largest absolute Gasteiger partial charge is 0.481 e. The summed E-state index contributed by atoms with van der Waals surface area (Å²) in [6, 6.07) is 0. The van der Waals surface area contributed by atoms with Gasteiger partial charge in [-0.2, -0.15) is 0 Å². The Morgan fingerprint density at radius 1 is 0.786 bits per heavy atom. The zero-order valence-electron chi connectivity index (χ0n) is 8.37. The van der Waals surface area contributed by atoms with Crippen LogP contribution in [0.15, 0.2) is 0 Å². The average molecular weight is 207 g/mol. The van der Waals surface area contributed by atoms with Crippen molar-refractivity contribution in [1.29, 1.82) is 0 Å². The van der Waals surface area contributed by atoms with Crippen LogP contribution in [0, 0.1) is 0 Å². The highest BCUT2D eigenvalue weighted by atomic mass is 16.4. The van der Waals surface area contributed by atoms with E-state index >= 15 is 0 Å². The molecule has 0 rings (SSSR count). The third kappa shape index (κ3) is 13.5. The molecule has 0 unspecified atom stereocenters. The third-order valence-corrected chi connectivity index (χ3v) is 1.78. The van der Waals surface area contributed by atoms with Crippen molar-refractivity contribution in [1.82, 2.24) is 6.15 Å². The number of carboxylic acid groups (broad SMARTS) is 2. The molecule has 0 spiro atoms. The predicted molar refractivity (Wildman–Crippen MR) is 54.7 cm³/mol. The maximum Gasteiger partial charge on any atom is 0.303 e. The van der Waals surface area contributed by atoms with Gasteiger partial charge in [-0.25, -0.2) is 0 Å². The number of aliphatic carboxylic acids is 2. The summed E-state index contributed by atoms with van der Waals surface area (Å²) in [5, 5.41) is 16.6. The van der Waals surface area contributed by atoms with Crippen LogP contribution in [0.1, 0.15) is 46.4 Å². The molecule has 0 amide bonds. The van der Waals surface area contributed by atoms with Gasteiger partial charge in [0.2, 0.25) is 0 Å². The molecule has 0 fully saturated rings. The van der Waals surface area contributed by atoms with Crippen molar-refractivity contribution < 1.29 is 21.2 Å². The smallest absolute Gasteiger partial charge is 0.303 e. The van der Waals surface area contributed by atoms with Crippen LogP contribution in [0.2, 0.25) is 0 Å². The van der Waals surface area contributed by atoms with E-state index in [-0.39, 0.29) is 20.4 Å². The van der Waals surface area contributed by atoms with E-state index in [0.717, 1.165) is 19.3 Å². The minimum Gasteiger partial charge on any atom is -0.481 e. The summed E-state index contributed by atoms with van der Waals surface area (Å²) in [6.07, 6.45) is 4.53. The highest BCUT2D eigenvalue weighted by Crippen LogP contribution is 2.06. The summed E-state index contributed by atoms with van der Waals surface area (Å²) in [6.45, 7) is 0. The minimum absolute atomic E-state index is 0. The first-order chi connectivity index (χ1) is 6.13. The van der Waals surface area contributed by atoms with Gasteiger partial charge in [0.05, 0.1) is 0 Å². The van der Waals surface area contributed by atoms with E-state index in [1.165, 1.54) is 0 Å². The molecule has 0 saturated heterocycles. The van der Waals surface area contributed by atoms with Gasteiger partial charge in [-0.3, -0.25) is 9.59 Å². The zero-order chi connectivity index (χ0) is 10.1. The van der Waals surface area contributed by atoms with E-state index in [1.54, 1.807) is 0 Å². The predicted octanol–water partition coefficient (Wildman–Crippen LogP) is 2.29. The van der Waals surface area contributed by atoms with Crippen LogP contribution in [0.5, 0.6) is 0 Å². The van der Waals surface area contributed by atoms with Gasteiger partial charge in [-0.1, -0.05) is 19.3 Å². The summed E-state index contributed by atoms with van der Waals surface area (Å²) in [7, 11) is 0. The second kappa shape index (κ2) is 9.98. The van der Waals surface area contributed by atoms with E-state index in [4.69, 9.17) is 10.2 Å². The minimum atomic E-state index is -0.759. The molecule has 0 aliphatic carbocycles. The van der Waals surface area contributed by atoms with Crippen molar-refractivity contribution in [2.24, 2.45) is 0 Å². The lowest BCUT2D eigenvalue weighted by molar-refractivity contribution is -0.138. The van der Waals surface area contributed by atoms with E-state index in [1.807, 2.05) is 0 Å². The third-order valence-electron chi connectivity index (χ3n) is 1.78. The van der Waals surface area contributed by atoms with E-state index in [2.05, 4.69) is 0 Å². The number of rotatable bonds is 8. The Kier molecular flexibility index (Phi) is 11.0. The monoisotopic (exact) mass is 207 g/mol. The summed E-state index contributed by atoms with van der Waals surface area (Å²) < 4.78 is 0. The molecule has 5 N–H and O–H groups in total. The summed E-state index contributed by atoms with van der Waals surface area (Å²) in [4.78, 5) is 20.2. The van der Waals surface area contributed by atoms with Crippen LogP contribution in [0.3, 0.4) is 0 Å². The topological polar surface area (TPSA) is 110 Å². The maximum absolute atomic E-state index is 10.1. The highest BCUT2D eigenvalue weighted by molar-refractivity contribution is 5.66. The van der Waals surface area contributed by atoms with Crippen molar-refractivity contribution in [2.75, 3.05) is 0 Å². The van der Waals surface area contributed by atoms with Crippen LogP contribution < -0.4 is 6.15 Å². The Morgan fingerprint density at radius 2 is 1.07 bits per heavy atom. The first kappa shape index (κ1) is 15.4. The van der Waals surface area contributed by atoms with Crippen LogP contribution in [0.25, 0.3) is 0 Å². The van der Waals surface area contributed by atoms with Crippen LogP contribution in [0.4, 0.5) is 0 Å². The molecule has 0 aromatic carbocycles. The molecule has 14 heavy (non-hydrogen) atoms. The molecule has 0 radical (unpaired) electrons. The number of unbranched alkanes of at least 4 members (excludes halogenated alkanes) is 4. The SMILES string of the molecule is N.O=C(O)CCCCCCCC(=O)O.[HH]. The van der Waals surface area contributed by atoms with Gasteiger partial charge < -0.3 is 16.4 Å². The molecule has 0 aliphatic heterocycles. The first-order valence-corrected chi connectivity index (χ1v) is 4.56. The summed E-state index contributed by atoms with van der Waals surface area (Å²) in [5.74, 6) is -1.52. The van der Waals surface area contributed by atoms with E-state index in [9.17, 15) is 9.59 Å². The lowest BCUT2D eigenvalue weighted by atomic mass is 10.1. The van der Waals surface area contributed by atoms with Crippen LogP contribution in [-0.4, -0.2) is 22.2 Å². The van der Waals surface area contributed by atoms with Crippen LogP contribution in [-0.2, 0) is 9.59 Å². The Balaban J connectivity index is -0.000000720. The molecule has 5 nitrogen and oxygen atoms in total. The second-order valence-electron chi connectivity index (χ2n) is 3.06. The fourth-order valence-electron chi connectivity index (χ4n) is 1.08. The van der Waals surface area contributed by atoms with Crippen molar-refractivity contribution in [2.45, 2.75) is 44.9 Å². The Labute approximate surface area is 85.2 Å². The van der Waals surface area contributed by atoms with Crippen LogP contribution >= 0.6 is 0 Å². The zero-order valence-corrected chi connectivity index (χ0v) is 8.37. The first-order valence-electron chi connectivity index (χ1n) is 4.56. The molecule has 0 atom stereocenters. The molecular formula is C9H21NO4. The van der Waals surface area contributed by atoms with Crippen molar-refractivity contribution in [3.63, 3.8) is 0 Å². The van der Waals surface area contributed by atoms with Gasteiger partial charge in [0.1, 0.15) is 0 Å². The lowest BCUT2D eigenvalue weighted by Crippen LogP contribution is -1.95. The van der Waals surface area contributed by atoms with Gasteiger partial charge in [-0.15, -0.1) is 0 Å². The number of hydrogen-bond donors (Lipinski definition) is 3. The summed E-state index contributed by atoms with van der Waals surface area (Å²) >= 11 is 0. The van der Waals surface area contributed by atoms with Crippen molar-refractivity contribution in [3.05, 3.63) is 0 Å². The Hall–Kier alpha value is -1.10. The fourth-order valence-corrected chi connectivity index (χ4v) is 1.08. The second-order valence-corrected chi connectivity index (χ2v) is 3.06.